The number of fused-ring (bicyclic) bond motifs is 5. The highest BCUT2D eigenvalue weighted by atomic mass is 35.5. The lowest BCUT2D eigenvalue weighted by molar-refractivity contribution is 0.0665. The largest absolute Gasteiger partial charge is 0.493 e. The van der Waals surface area contributed by atoms with E-state index in [-0.39, 0.29) is 17.3 Å². The normalized spacial score (nSPS) is 21.0. The van der Waals surface area contributed by atoms with Crippen LogP contribution in [0.15, 0.2) is 91.0 Å². The number of carbonyl (C=O) groups is 3. The molecule has 1 fully saturated rings. The van der Waals surface area contributed by atoms with Gasteiger partial charge in [0.25, 0.3) is 0 Å². The molecule has 0 bridgehead atoms. The molecule has 4 aromatic carbocycles. The number of rotatable bonds is 5. The molecule has 0 radical (unpaired) electrons. The van der Waals surface area contributed by atoms with Gasteiger partial charge in [-0.25, -0.2) is 4.39 Å². The van der Waals surface area contributed by atoms with Crippen molar-refractivity contribution in [2.24, 2.45) is 5.41 Å². The Kier molecular flexibility index (Phi) is 6.25. The fraction of sp³-hybridized carbons (Fsp3) is 0.171. The average Bonchev–Trinajstić information content (AvgIpc) is 3.46. The maximum absolute atomic E-state index is 14.7. The summed E-state index contributed by atoms with van der Waals surface area (Å²) in [5.41, 5.74) is 0.962. The molecule has 0 N–H and O–H groups in total. The fourth-order valence-electron chi connectivity index (χ4n) is 7.15. The predicted octanol–water partition coefficient (Wildman–Crippen LogP) is 6.81. The van der Waals surface area contributed by atoms with Crippen LogP contribution in [0, 0.1) is 11.2 Å². The molecule has 0 saturated carbocycles. The molecule has 4 aromatic rings. The Bertz CT molecular complexity index is 1830. The predicted molar refractivity (Wildman–Crippen MR) is 161 cm³/mol. The molecule has 0 aromatic heterocycles. The van der Waals surface area contributed by atoms with Gasteiger partial charge in [-0.3, -0.25) is 14.4 Å². The molecule has 3 aliphatic rings. The molecule has 43 heavy (non-hydrogen) atoms. The van der Waals surface area contributed by atoms with Crippen LogP contribution in [-0.4, -0.2) is 43.7 Å². The molecular formula is C35H25ClFNO5. The smallest absolute Gasteiger partial charge is 0.185 e. The van der Waals surface area contributed by atoms with Crippen molar-refractivity contribution in [3.05, 3.63) is 130 Å². The molecule has 0 unspecified atom stereocenters. The summed E-state index contributed by atoms with van der Waals surface area (Å²) in [4.78, 5) is 46.0. The summed E-state index contributed by atoms with van der Waals surface area (Å²) in [7, 11) is 3.02. The van der Waals surface area contributed by atoms with Gasteiger partial charge in [-0.05, 0) is 60.2 Å². The highest BCUT2D eigenvalue weighted by Gasteiger charge is 2.71. The minimum Gasteiger partial charge on any atom is -0.493 e. The second kappa shape index (κ2) is 9.92. The topological polar surface area (TPSA) is 72.9 Å². The van der Waals surface area contributed by atoms with Crippen molar-refractivity contribution in [3.63, 3.8) is 0 Å². The van der Waals surface area contributed by atoms with Gasteiger partial charge in [0.2, 0.25) is 0 Å². The maximum Gasteiger partial charge on any atom is 0.185 e. The molecule has 1 aliphatic carbocycles. The third-order valence-electron chi connectivity index (χ3n) is 8.93. The van der Waals surface area contributed by atoms with Gasteiger partial charge in [0, 0.05) is 38.9 Å². The number of benzene rings is 4. The van der Waals surface area contributed by atoms with E-state index in [0.29, 0.717) is 50.0 Å². The van der Waals surface area contributed by atoms with Crippen LogP contribution in [0.5, 0.6) is 11.5 Å². The zero-order valence-corrected chi connectivity index (χ0v) is 24.0. The molecule has 2 aliphatic heterocycles. The Morgan fingerprint density at radius 3 is 2.19 bits per heavy atom. The molecule has 0 amide bonds. The number of methoxy groups -OCH3 is 2. The Morgan fingerprint density at radius 2 is 1.53 bits per heavy atom. The molecule has 3 atom stereocenters. The molecule has 8 heteroatoms. The number of anilines is 1. The van der Waals surface area contributed by atoms with Crippen molar-refractivity contribution in [2.45, 2.75) is 18.0 Å². The Labute approximate surface area is 252 Å². The monoisotopic (exact) mass is 593 g/mol. The fourth-order valence-corrected chi connectivity index (χ4v) is 7.28. The van der Waals surface area contributed by atoms with E-state index in [0.717, 1.165) is 0 Å². The standard InChI is InChI=1S/C35H25ClFNO5/c1-42-27-15-9-21(18-28(27)43-2)30-31(32(39)19-7-11-22(36)12-8-19)38-26-14-13-23(37)17-20(26)10-16-29(38)35(30)33(40)24-5-3-4-6-25(24)34(35)41/h3-18,29-31H,1-2H3/t29-,30+,31-/m1/s1. The van der Waals surface area contributed by atoms with Crippen molar-refractivity contribution < 1.29 is 28.2 Å². The van der Waals surface area contributed by atoms with Crippen LogP contribution in [0.2, 0.25) is 5.02 Å². The van der Waals surface area contributed by atoms with Gasteiger partial charge in [-0.2, -0.15) is 0 Å². The first-order valence-electron chi connectivity index (χ1n) is 13.8. The van der Waals surface area contributed by atoms with E-state index in [1.165, 1.54) is 26.4 Å². The van der Waals surface area contributed by atoms with E-state index >= 15 is 0 Å². The van der Waals surface area contributed by atoms with Gasteiger partial charge in [0.1, 0.15) is 17.3 Å². The molecule has 7 rings (SSSR count). The number of hydrogen-bond donors (Lipinski definition) is 0. The summed E-state index contributed by atoms with van der Waals surface area (Å²) in [6.45, 7) is 0. The summed E-state index contributed by atoms with van der Waals surface area (Å²) in [5, 5.41) is 0.465. The van der Waals surface area contributed by atoms with E-state index in [1.54, 1.807) is 84.9 Å². The van der Waals surface area contributed by atoms with Crippen LogP contribution in [0.3, 0.4) is 0 Å². The average molecular weight is 594 g/mol. The lowest BCUT2D eigenvalue weighted by Crippen LogP contribution is -2.48. The lowest BCUT2D eigenvalue weighted by atomic mass is 9.64. The van der Waals surface area contributed by atoms with Crippen LogP contribution >= 0.6 is 11.6 Å². The third kappa shape index (κ3) is 3.74. The van der Waals surface area contributed by atoms with Crippen molar-refractivity contribution in [1.29, 1.82) is 0 Å². The quantitative estimate of drug-likeness (QED) is 0.187. The Balaban J connectivity index is 1.55. The highest BCUT2D eigenvalue weighted by molar-refractivity contribution is 6.32. The van der Waals surface area contributed by atoms with Gasteiger partial charge in [0.15, 0.2) is 28.8 Å². The Hall–Kier alpha value is -4.75. The number of ketones is 3. The van der Waals surface area contributed by atoms with E-state index in [1.807, 2.05) is 4.90 Å². The first-order chi connectivity index (χ1) is 20.8. The molecular weight excluding hydrogens is 569 g/mol. The molecule has 2 heterocycles. The van der Waals surface area contributed by atoms with Gasteiger partial charge in [-0.15, -0.1) is 0 Å². The van der Waals surface area contributed by atoms with E-state index in [9.17, 15) is 18.8 Å². The van der Waals surface area contributed by atoms with Gasteiger partial charge >= 0.3 is 0 Å². The highest BCUT2D eigenvalue weighted by Crippen LogP contribution is 2.61. The zero-order chi connectivity index (χ0) is 30.0. The van der Waals surface area contributed by atoms with Gasteiger partial charge in [0.05, 0.1) is 20.3 Å². The minimum absolute atomic E-state index is 0.305. The zero-order valence-electron chi connectivity index (χ0n) is 23.2. The van der Waals surface area contributed by atoms with Crippen molar-refractivity contribution in [2.75, 3.05) is 19.1 Å². The summed E-state index contributed by atoms with van der Waals surface area (Å²) in [6.07, 6.45) is 3.48. The molecule has 1 saturated heterocycles. The maximum atomic E-state index is 14.7. The lowest BCUT2D eigenvalue weighted by Gasteiger charge is -2.37. The van der Waals surface area contributed by atoms with Crippen LogP contribution in [-0.2, 0) is 0 Å². The third-order valence-corrected chi connectivity index (χ3v) is 9.18. The van der Waals surface area contributed by atoms with E-state index in [4.69, 9.17) is 21.1 Å². The van der Waals surface area contributed by atoms with Gasteiger partial charge in [-0.1, -0.05) is 54.1 Å². The SMILES string of the molecule is COc1ccc([C@H]2[C@H](C(=O)c3ccc(Cl)cc3)N3c4ccc(F)cc4C=C[C@@H]3C23C(=O)c2ccccc2C3=O)cc1OC. The summed E-state index contributed by atoms with van der Waals surface area (Å²) in [6, 6.07) is 20.9. The number of ether oxygens (including phenoxy) is 2. The number of hydrogen-bond acceptors (Lipinski definition) is 6. The summed E-state index contributed by atoms with van der Waals surface area (Å²) >= 11 is 6.16. The number of halogens is 2. The summed E-state index contributed by atoms with van der Waals surface area (Å²) < 4.78 is 25.5. The Morgan fingerprint density at radius 1 is 0.860 bits per heavy atom. The second-order valence-electron chi connectivity index (χ2n) is 10.9. The van der Waals surface area contributed by atoms with E-state index < -0.39 is 29.2 Å². The van der Waals surface area contributed by atoms with Crippen LogP contribution in [0.4, 0.5) is 10.1 Å². The van der Waals surface area contributed by atoms with Gasteiger partial charge < -0.3 is 14.4 Å². The molecule has 214 valence electrons. The number of carbonyl (C=O) groups excluding carboxylic acids is 3. The van der Waals surface area contributed by atoms with Crippen molar-refractivity contribution >= 4 is 40.7 Å². The van der Waals surface area contributed by atoms with Crippen LogP contribution in [0.25, 0.3) is 6.08 Å². The number of nitrogens with zero attached hydrogens (tertiary/aromatic N) is 1. The van der Waals surface area contributed by atoms with E-state index in [2.05, 4.69) is 0 Å². The van der Waals surface area contributed by atoms with Crippen LogP contribution < -0.4 is 14.4 Å². The van der Waals surface area contributed by atoms with Crippen LogP contribution in [0.1, 0.15) is 48.1 Å². The summed E-state index contributed by atoms with van der Waals surface area (Å²) in [5.74, 6) is -1.55. The minimum atomic E-state index is -1.70. The first kappa shape index (κ1) is 27.1. The molecule has 6 nitrogen and oxygen atoms in total. The van der Waals surface area contributed by atoms with Crippen molar-refractivity contribution in [3.8, 4) is 11.5 Å². The molecule has 1 spiro atoms. The first-order valence-corrected chi connectivity index (χ1v) is 14.2. The number of Topliss-reactive ketones (excluding diaryl/α,β-unsaturated/α-hetero) is 3. The van der Waals surface area contributed by atoms with Crippen molar-refractivity contribution in [1.82, 2.24) is 0 Å². The second-order valence-corrected chi connectivity index (χ2v) is 11.3.